The van der Waals surface area contributed by atoms with Crippen LogP contribution in [0, 0.1) is 20.8 Å². The number of amides is 1. The van der Waals surface area contributed by atoms with Crippen LogP contribution in [0.5, 0.6) is 0 Å². The van der Waals surface area contributed by atoms with E-state index in [0.717, 1.165) is 15.3 Å². The molecule has 0 fully saturated rings. The van der Waals surface area contributed by atoms with Gasteiger partial charge in [0.05, 0.1) is 28.9 Å². The largest absolute Gasteiger partial charge is 0.411 e. The predicted octanol–water partition coefficient (Wildman–Crippen LogP) is 4.19. The van der Waals surface area contributed by atoms with E-state index in [0.29, 0.717) is 22.3 Å². The summed E-state index contributed by atoms with van der Waals surface area (Å²) < 4.78 is 46.0. The number of nitrogens with zero attached hydrogens (tertiary/aromatic N) is 2. The highest BCUT2D eigenvalue weighted by Crippen LogP contribution is 2.32. The first-order chi connectivity index (χ1) is 13.2. The van der Waals surface area contributed by atoms with E-state index in [1.54, 1.807) is 24.3 Å². The zero-order chi connectivity index (χ0) is 20.5. The van der Waals surface area contributed by atoms with E-state index in [2.05, 4.69) is 20.2 Å². The summed E-state index contributed by atoms with van der Waals surface area (Å²) in [6.45, 7) is 3.96. The number of ether oxygens (including phenoxy) is 1. The Balaban J connectivity index is 1.84. The van der Waals surface area contributed by atoms with Gasteiger partial charge in [-0.05, 0) is 32.9 Å². The molecule has 0 bridgehead atoms. The Hall–Kier alpha value is -2.46. The molecule has 3 rings (SSSR count). The smallest absolute Gasteiger partial charge is 0.370 e. The first kappa shape index (κ1) is 20.3. The van der Waals surface area contributed by atoms with Gasteiger partial charge in [0.1, 0.15) is 6.61 Å². The van der Waals surface area contributed by atoms with E-state index in [1.807, 2.05) is 19.9 Å². The summed E-state index contributed by atoms with van der Waals surface area (Å²) in [5.41, 5.74) is 2.50. The summed E-state index contributed by atoms with van der Waals surface area (Å²) >= 11 is 1.61. The number of alkyl halides is 3. The van der Waals surface area contributed by atoms with Gasteiger partial charge >= 0.3 is 6.18 Å². The number of thiophene rings is 1. The standard InChI is InChI=1S/C18H18F3N3O3S/c1-9-6-12(11(3)28-9)14-7-13(15-10(2)24-27-17(15)23-14)16(25)22-4-5-26-8-18(19,20)21/h6-7H,4-5,8H2,1-3H3,(H,22,25). The minimum Gasteiger partial charge on any atom is -0.370 e. The number of pyridine rings is 1. The second-order valence-electron chi connectivity index (χ2n) is 6.25. The van der Waals surface area contributed by atoms with Gasteiger partial charge in [-0.1, -0.05) is 5.16 Å². The molecule has 0 atom stereocenters. The van der Waals surface area contributed by atoms with Crippen molar-refractivity contribution in [3.8, 4) is 11.3 Å². The first-order valence-corrected chi connectivity index (χ1v) is 9.24. The Morgan fingerprint density at radius 2 is 2.04 bits per heavy atom. The number of nitrogens with one attached hydrogen (secondary N) is 1. The number of aryl methyl sites for hydroxylation is 3. The summed E-state index contributed by atoms with van der Waals surface area (Å²) in [4.78, 5) is 19.3. The van der Waals surface area contributed by atoms with Crippen LogP contribution in [0.25, 0.3) is 22.4 Å². The summed E-state index contributed by atoms with van der Waals surface area (Å²) in [5.74, 6) is -0.458. The lowest BCUT2D eigenvalue weighted by atomic mass is 10.1. The van der Waals surface area contributed by atoms with Gasteiger partial charge < -0.3 is 14.6 Å². The van der Waals surface area contributed by atoms with Crippen molar-refractivity contribution < 1.29 is 27.2 Å². The average Bonchev–Trinajstić information content (AvgIpc) is 3.14. The third kappa shape index (κ3) is 4.50. The van der Waals surface area contributed by atoms with Gasteiger partial charge in [-0.25, -0.2) is 4.98 Å². The fourth-order valence-corrected chi connectivity index (χ4v) is 3.75. The molecule has 0 aliphatic carbocycles. The number of carbonyl (C=O) groups excluding carboxylic acids is 1. The van der Waals surface area contributed by atoms with E-state index < -0.39 is 18.7 Å². The molecule has 0 aromatic carbocycles. The molecular formula is C18H18F3N3O3S. The lowest BCUT2D eigenvalue weighted by Gasteiger charge is -2.10. The monoisotopic (exact) mass is 413 g/mol. The van der Waals surface area contributed by atoms with Crippen LogP contribution in [-0.2, 0) is 4.74 Å². The van der Waals surface area contributed by atoms with E-state index >= 15 is 0 Å². The quantitative estimate of drug-likeness (QED) is 0.614. The average molecular weight is 413 g/mol. The Morgan fingerprint density at radius 1 is 1.29 bits per heavy atom. The van der Waals surface area contributed by atoms with E-state index in [1.165, 1.54) is 0 Å². The second kappa shape index (κ2) is 7.88. The Labute approximate surface area is 162 Å². The first-order valence-electron chi connectivity index (χ1n) is 8.43. The molecule has 0 aliphatic rings. The number of halogens is 3. The molecule has 0 radical (unpaired) electrons. The Morgan fingerprint density at radius 3 is 2.68 bits per heavy atom. The van der Waals surface area contributed by atoms with Gasteiger partial charge in [-0.2, -0.15) is 13.2 Å². The lowest BCUT2D eigenvalue weighted by Crippen LogP contribution is -2.29. The number of hydrogen-bond donors (Lipinski definition) is 1. The SMILES string of the molecule is Cc1cc(-c2cc(C(=O)NCCOCC(F)(F)F)c3c(C)noc3n2)c(C)s1. The van der Waals surface area contributed by atoms with Gasteiger partial charge in [-0.15, -0.1) is 11.3 Å². The van der Waals surface area contributed by atoms with Crippen LogP contribution < -0.4 is 5.32 Å². The maximum atomic E-state index is 12.7. The molecule has 3 heterocycles. The molecule has 3 aromatic rings. The van der Waals surface area contributed by atoms with Crippen LogP contribution in [-0.4, -0.2) is 42.0 Å². The van der Waals surface area contributed by atoms with Crippen molar-refractivity contribution in [2.45, 2.75) is 26.9 Å². The maximum absolute atomic E-state index is 12.7. The van der Waals surface area contributed by atoms with Crippen molar-refractivity contribution >= 4 is 28.3 Å². The fourth-order valence-electron chi connectivity index (χ4n) is 2.82. The fraction of sp³-hybridized carbons (Fsp3) is 0.389. The normalized spacial score (nSPS) is 11.9. The van der Waals surface area contributed by atoms with Crippen LogP contribution >= 0.6 is 11.3 Å². The summed E-state index contributed by atoms with van der Waals surface area (Å²) in [5, 5.41) is 6.91. The zero-order valence-corrected chi connectivity index (χ0v) is 16.3. The third-order valence-electron chi connectivity index (χ3n) is 3.98. The van der Waals surface area contributed by atoms with Gasteiger partial charge in [-0.3, -0.25) is 4.79 Å². The van der Waals surface area contributed by atoms with Crippen LogP contribution in [0.2, 0.25) is 0 Å². The number of fused-ring (bicyclic) bond motifs is 1. The second-order valence-corrected chi connectivity index (χ2v) is 7.71. The molecular weight excluding hydrogens is 395 g/mol. The van der Waals surface area contributed by atoms with E-state index in [4.69, 9.17) is 4.52 Å². The van der Waals surface area contributed by atoms with E-state index in [9.17, 15) is 18.0 Å². The minimum atomic E-state index is -4.40. The molecule has 10 heteroatoms. The molecule has 0 saturated carbocycles. The molecule has 3 aromatic heterocycles. The molecule has 28 heavy (non-hydrogen) atoms. The van der Waals surface area contributed by atoms with Crippen molar-refractivity contribution in [2.24, 2.45) is 0 Å². The van der Waals surface area contributed by atoms with Gasteiger partial charge in [0.2, 0.25) is 0 Å². The topological polar surface area (TPSA) is 77.2 Å². The number of aromatic nitrogens is 2. The molecule has 6 nitrogen and oxygen atoms in total. The molecule has 0 unspecified atom stereocenters. The van der Waals surface area contributed by atoms with Gasteiger partial charge in [0.25, 0.3) is 11.6 Å². The summed E-state index contributed by atoms with van der Waals surface area (Å²) in [6, 6.07) is 3.62. The Kier molecular flexibility index (Phi) is 5.71. The van der Waals surface area contributed by atoms with Crippen molar-refractivity contribution in [2.75, 3.05) is 19.8 Å². The van der Waals surface area contributed by atoms with Gasteiger partial charge in [0, 0.05) is 21.9 Å². The maximum Gasteiger partial charge on any atom is 0.411 e. The van der Waals surface area contributed by atoms with E-state index in [-0.39, 0.29) is 18.9 Å². The lowest BCUT2D eigenvalue weighted by molar-refractivity contribution is -0.173. The number of rotatable bonds is 6. The van der Waals surface area contributed by atoms with Crippen LogP contribution in [0.15, 0.2) is 16.7 Å². The number of hydrogen-bond acceptors (Lipinski definition) is 6. The van der Waals surface area contributed by atoms with Crippen molar-refractivity contribution in [1.29, 1.82) is 0 Å². The molecule has 1 amide bonds. The zero-order valence-electron chi connectivity index (χ0n) is 15.4. The van der Waals surface area contributed by atoms with Crippen molar-refractivity contribution in [3.05, 3.63) is 33.1 Å². The minimum absolute atomic E-state index is 0.0605. The van der Waals surface area contributed by atoms with Crippen LogP contribution in [0.4, 0.5) is 13.2 Å². The summed E-state index contributed by atoms with van der Waals surface area (Å²) in [6.07, 6.45) is -4.40. The third-order valence-corrected chi connectivity index (χ3v) is 4.94. The molecule has 0 spiro atoms. The summed E-state index contributed by atoms with van der Waals surface area (Å²) in [7, 11) is 0. The van der Waals surface area contributed by atoms with Crippen molar-refractivity contribution in [3.63, 3.8) is 0 Å². The van der Waals surface area contributed by atoms with Crippen LogP contribution in [0.3, 0.4) is 0 Å². The van der Waals surface area contributed by atoms with Crippen molar-refractivity contribution in [1.82, 2.24) is 15.5 Å². The predicted molar refractivity (Wildman–Crippen MR) is 98.5 cm³/mol. The Bertz CT molecular complexity index is 1010. The highest BCUT2D eigenvalue weighted by atomic mass is 32.1. The molecule has 1 N–H and O–H groups in total. The highest BCUT2D eigenvalue weighted by Gasteiger charge is 2.27. The molecule has 0 saturated heterocycles. The molecule has 150 valence electrons. The van der Waals surface area contributed by atoms with Gasteiger partial charge in [0.15, 0.2) is 0 Å². The molecule has 0 aliphatic heterocycles. The highest BCUT2D eigenvalue weighted by molar-refractivity contribution is 7.12. The number of carbonyl (C=O) groups is 1. The van der Waals surface area contributed by atoms with Crippen LogP contribution in [0.1, 0.15) is 25.8 Å².